The van der Waals surface area contributed by atoms with E-state index in [-0.39, 0.29) is 23.0 Å². The van der Waals surface area contributed by atoms with Crippen molar-refractivity contribution in [2.75, 3.05) is 20.8 Å². The molecule has 16 heavy (non-hydrogen) atoms. The second kappa shape index (κ2) is 5.25. The number of hydrogen-bond donors (Lipinski definition) is 2. The molecule has 5 heteroatoms. The van der Waals surface area contributed by atoms with Crippen molar-refractivity contribution < 1.29 is 19.4 Å². The number of amides is 1. The fourth-order valence-corrected chi connectivity index (χ4v) is 1.28. The van der Waals surface area contributed by atoms with E-state index in [9.17, 15) is 9.90 Å². The molecule has 1 amide bonds. The number of methoxy groups -OCH3 is 2. The lowest BCUT2D eigenvalue weighted by atomic mass is 10.1. The molecule has 0 aliphatic carbocycles. The second-order valence-electron chi connectivity index (χ2n) is 3.09. The summed E-state index contributed by atoms with van der Waals surface area (Å²) in [6.07, 6.45) is 0. The van der Waals surface area contributed by atoms with Gasteiger partial charge < -0.3 is 19.9 Å². The van der Waals surface area contributed by atoms with Gasteiger partial charge in [0.2, 0.25) is 0 Å². The number of benzene rings is 1. The fraction of sp³-hybridized carbons (Fsp3) is 0.364. The number of carbonyl (C=O) groups excluding carboxylic acids is 1. The lowest BCUT2D eigenvalue weighted by Crippen LogP contribution is -2.22. The predicted octanol–water partition coefficient (Wildman–Crippen LogP) is 1.16. The Morgan fingerprint density at radius 3 is 2.56 bits per heavy atom. The molecule has 1 rings (SSSR count). The van der Waals surface area contributed by atoms with Crippen molar-refractivity contribution in [3.63, 3.8) is 0 Å². The molecule has 0 aliphatic rings. The molecule has 0 saturated heterocycles. The van der Waals surface area contributed by atoms with Gasteiger partial charge in [-0.15, -0.1) is 0 Å². The van der Waals surface area contributed by atoms with Gasteiger partial charge in [-0.25, -0.2) is 0 Å². The Kier molecular flexibility index (Phi) is 3.99. The van der Waals surface area contributed by atoms with Crippen molar-refractivity contribution in [2.24, 2.45) is 0 Å². The number of aromatic hydroxyl groups is 1. The Balaban J connectivity index is 3.20. The van der Waals surface area contributed by atoms with Crippen LogP contribution in [0.5, 0.6) is 17.2 Å². The van der Waals surface area contributed by atoms with Crippen molar-refractivity contribution >= 4 is 5.91 Å². The molecule has 0 fully saturated rings. The third-order valence-electron chi connectivity index (χ3n) is 2.09. The van der Waals surface area contributed by atoms with Crippen LogP contribution in [0.1, 0.15) is 17.3 Å². The van der Waals surface area contributed by atoms with Crippen LogP contribution in [0.2, 0.25) is 0 Å². The minimum atomic E-state index is -0.364. The van der Waals surface area contributed by atoms with Crippen molar-refractivity contribution in [3.05, 3.63) is 17.7 Å². The molecular weight excluding hydrogens is 210 g/mol. The molecule has 0 spiro atoms. The highest BCUT2D eigenvalue weighted by atomic mass is 16.5. The zero-order chi connectivity index (χ0) is 12.1. The lowest BCUT2D eigenvalue weighted by Gasteiger charge is -2.11. The zero-order valence-electron chi connectivity index (χ0n) is 9.53. The fourth-order valence-electron chi connectivity index (χ4n) is 1.28. The van der Waals surface area contributed by atoms with Crippen LogP contribution in [0.25, 0.3) is 0 Å². The molecule has 0 heterocycles. The van der Waals surface area contributed by atoms with Gasteiger partial charge in [0, 0.05) is 12.6 Å². The molecule has 5 nitrogen and oxygen atoms in total. The normalized spacial score (nSPS) is 9.69. The van der Waals surface area contributed by atoms with E-state index in [0.717, 1.165) is 0 Å². The first-order valence-corrected chi connectivity index (χ1v) is 4.87. The SMILES string of the molecule is CCNC(=O)c1cc(OC)cc(OC)c1O. The standard InChI is InChI=1S/C11H15NO4/c1-4-12-11(14)8-5-7(15-2)6-9(16-3)10(8)13/h5-6,13H,4H2,1-3H3,(H,12,14). The highest BCUT2D eigenvalue weighted by Gasteiger charge is 2.16. The molecule has 0 bridgehead atoms. The largest absolute Gasteiger partial charge is 0.504 e. The number of ether oxygens (including phenoxy) is 2. The molecule has 0 saturated carbocycles. The van der Waals surface area contributed by atoms with Gasteiger partial charge in [0.05, 0.1) is 19.8 Å². The van der Waals surface area contributed by atoms with E-state index in [1.807, 2.05) is 0 Å². The highest BCUT2D eigenvalue weighted by molar-refractivity contribution is 5.98. The van der Waals surface area contributed by atoms with Crippen LogP contribution in [-0.4, -0.2) is 31.8 Å². The van der Waals surface area contributed by atoms with E-state index in [0.29, 0.717) is 12.3 Å². The first-order valence-electron chi connectivity index (χ1n) is 4.87. The van der Waals surface area contributed by atoms with Crippen LogP contribution in [0, 0.1) is 0 Å². The molecule has 0 unspecified atom stereocenters. The summed E-state index contributed by atoms with van der Waals surface area (Å²) in [7, 11) is 2.89. The molecule has 88 valence electrons. The quantitative estimate of drug-likeness (QED) is 0.806. The summed E-state index contributed by atoms with van der Waals surface area (Å²) in [5.41, 5.74) is 0.137. The third kappa shape index (κ3) is 2.36. The molecule has 2 N–H and O–H groups in total. The Hall–Kier alpha value is -1.91. The maximum atomic E-state index is 11.6. The first kappa shape index (κ1) is 12.2. The summed E-state index contributed by atoms with van der Waals surface area (Å²) >= 11 is 0. The van der Waals surface area contributed by atoms with Crippen molar-refractivity contribution in [2.45, 2.75) is 6.92 Å². The third-order valence-corrected chi connectivity index (χ3v) is 2.09. The molecule has 1 aromatic carbocycles. The maximum absolute atomic E-state index is 11.6. The summed E-state index contributed by atoms with van der Waals surface area (Å²) in [6.45, 7) is 2.28. The predicted molar refractivity (Wildman–Crippen MR) is 59.2 cm³/mol. The van der Waals surface area contributed by atoms with Crippen molar-refractivity contribution in [1.29, 1.82) is 0 Å². The molecule has 1 aromatic rings. The summed E-state index contributed by atoms with van der Waals surface area (Å²) in [5, 5.41) is 12.4. The smallest absolute Gasteiger partial charge is 0.255 e. The summed E-state index contributed by atoms with van der Waals surface area (Å²) in [5.74, 6) is 0.114. The number of hydrogen-bond acceptors (Lipinski definition) is 4. The lowest BCUT2D eigenvalue weighted by molar-refractivity contribution is 0.0952. The molecular formula is C11H15NO4. The Labute approximate surface area is 94.0 Å². The molecule has 0 aliphatic heterocycles. The van der Waals surface area contributed by atoms with Gasteiger partial charge in [0.15, 0.2) is 11.5 Å². The average molecular weight is 225 g/mol. The van der Waals surface area contributed by atoms with E-state index in [2.05, 4.69) is 5.32 Å². The minimum Gasteiger partial charge on any atom is -0.504 e. The second-order valence-corrected chi connectivity index (χ2v) is 3.09. The van der Waals surface area contributed by atoms with Crippen LogP contribution in [0.15, 0.2) is 12.1 Å². The highest BCUT2D eigenvalue weighted by Crippen LogP contribution is 2.34. The zero-order valence-corrected chi connectivity index (χ0v) is 9.53. The molecule has 0 radical (unpaired) electrons. The summed E-state index contributed by atoms with van der Waals surface area (Å²) in [4.78, 5) is 11.6. The van der Waals surface area contributed by atoms with Gasteiger partial charge in [-0.05, 0) is 13.0 Å². The average Bonchev–Trinajstić information content (AvgIpc) is 2.29. The molecule has 0 atom stereocenters. The number of nitrogens with one attached hydrogen (secondary N) is 1. The van der Waals surface area contributed by atoms with Crippen molar-refractivity contribution in [1.82, 2.24) is 5.32 Å². The van der Waals surface area contributed by atoms with Gasteiger partial charge in [-0.2, -0.15) is 0 Å². The van der Waals surface area contributed by atoms with E-state index in [1.54, 1.807) is 6.92 Å². The Morgan fingerprint density at radius 1 is 1.38 bits per heavy atom. The summed E-state index contributed by atoms with van der Waals surface area (Å²) < 4.78 is 9.96. The van der Waals surface area contributed by atoms with Crippen LogP contribution >= 0.6 is 0 Å². The van der Waals surface area contributed by atoms with Crippen LogP contribution < -0.4 is 14.8 Å². The van der Waals surface area contributed by atoms with E-state index < -0.39 is 0 Å². The minimum absolute atomic E-state index is 0.137. The summed E-state index contributed by atoms with van der Waals surface area (Å²) in [6, 6.07) is 2.97. The number of rotatable bonds is 4. The van der Waals surface area contributed by atoms with Gasteiger partial charge in [0.25, 0.3) is 5.91 Å². The van der Waals surface area contributed by atoms with Crippen LogP contribution in [-0.2, 0) is 0 Å². The monoisotopic (exact) mass is 225 g/mol. The number of carbonyl (C=O) groups is 1. The van der Waals surface area contributed by atoms with Gasteiger partial charge >= 0.3 is 0 Å². The van der Waals surface area contributed by atoms with Gasteiger partial charge in [-0.3, -0.25) is 4.79 Å². The van der Waals surface area contributed by atoms with E-state index in [4.69, 9.17) is 9.47 Å². The maximum Gasteiger partial charge on any atom is 0.255 e. The number of phenols is 1. The van der Waals surface area contributed by atoms with Gasteiger partial charge in [-0.1, -0.05) is 0 Å². The topological polar surface area (TPSA) is 67.8 Å². The van der Waals surface area contributed by atoms with Gasteiger partial charge in [0.1, 0.15) is 5.75 Å². The van der Waals surface area contributed by atoms with Crippen LogP contribution in [0.4, 0.5) is 0 Å². The first-order chi connectivity index (χ1) is 7.63. The van der Waals surface area contributed by atoms with Crippen LogP contribution in [0.3, 0.4) is 0 Å². The van der Waals surface area contributed by atoms with E-state index in [1.165, 1.54) is 26.4 Å². The molecule has 0 aromatic heterocycles. The van der Waals surface area contributed by atoms with Crippen molar-refractivity contribution in [3.8, 4) is 17.2 Å². The Bertz CT molecular complexity index is 390. The van der Waals surface area contributed by atoms with E-state index >= 15 is 0 Å². The Morgan fingerprint density at radius 2 is 2.06 bits per heavy atom. The number of phenolic OH excluding ortho intramolecular Hbond substituents is 1.